The number of pyridine rings is 1. The van der Waals surface area contributed by atoms with Crippen LogP contribution in [-0.4, -0.2) is 29.9 Å². The molecule has 3 aromatic heterocycles. The van der Waals surface area contributed by atoms with E-state index in [2.05, 4.69) is 20.5 Å². The smallest absolute Gasteiger partial charge is 0.299 e. The van der Waals surface area contributed by atoms with E-state index in [-0.39, 0.29) is 11.2 Å². The van der Waals surface area contributed by atoms with Crippen LogP contribution in [0.1, 0.15) is 12.5 Å². The average molecular weight is 388 g/mol. The van der Waals surface area contributed by atoms with Crippen LogP contribution in [0.3, 0.4) is 0 Å². The molecule has 140 valence electrons. The van der Waals surface area contributed by atoms with Crippen molar-refractivity contribution in [1.29, 1.82) is 0 Å². The SMILES string of the molecule is C/C(Cl)=C\Cn1c(N/N=C\c2ccncc2)nc2c1c(=O)n(C)c(=O)n2C. The molecule has 0 fully saturated rings. The first-order valence-electron chi connectivity index (χ1n) is 8.07. The van der Waals surface area contributed by atoms with Crippen molar-refractivity contribution in [2.75, 3.05) is 5.43 Å². The lowest BCUT2D eigenvalue weighted by atomic mass is 10.3. The molecule has 3 rings (SSSR count). The Morgan fingerprint density at radius 3 is 2.63 bits per heavy atom. The number of nitrogens with one attached hydrogen (secondary N) is 1. The lowest BCUT2D eigenvalue weighted by Crippen LogP contribution is -2.37. The van der Waals surface area contributed by atoms with E-state index in [1.807, 2.05) is 0 Å². The fourth-order valence-electron chi connectivity index (χ4n) is 2.54. The Labute approximate surface area is 159 Å². The molecule has 10 heteroatoms. The third-order valence-electron chi connectivity index (χ3n) is 3.99. The number of aryl methyl sites for hydroxylation is 1. The summed E-state index contributed by atoms with van der Waals surface area (Å²) in [5.74, 6) is 0.322. The summed E-state index contributed by atoms with van der Waals surface area (Å²) >= 11 is 5.94. The summed E-state index contributed by atoms with van der Waals surface area (Å²) in [6.45, 7) is 2.04. The first kappa shape index (κ1) is 18.6. The molecule has 1 N–H and O–H groups in total. The Morgan fingerprint density at radius 2 is 1.96 bits per heavy atom. The number of imidazole rings is 1. The molecule has 0 atom stereocenters. The van der Waals surface area contributed by atoms with E-state index >= 15 is 0 Å². The van der Waals surface area contributed by atoms with Gasteiger partial charge < -0.3 is 0 Å². The molecule has 0 saturated carbocycles. The summed E-state index contributed by atoms with van der Waals surface area (Å²) in [5, 5.41) is 4.74. The molecule has 0 aliphatic rings. The zero-order valence-corrected chi connectivity index (χ0v) is 15.8. The maximum Gasteiger partial charge on any atom is 0.332 e. The van der Waals surface area contributed by atoms with Gasteiger partial charge in [-0.2, -0.15) is 10.1 Å². The van der Waals surface area contributed by atoms with Crippen LogP contribution < -0.4 is 16.7 Å². The lowest BCUT2D eigenvalue weighted by molar-refractivity contribution is 0.703. The number of rotatable bonds is 5. The number of allylic oxidation sites excluding steroid dienone is 2. The predicted molar refractivity (Wildman–Crippen MR) is 105 cm³/mol. The molecular weight excluding hydrogens is 370 g/mol. The van der Waals surface area contributed by atoms with Crippen molar-refractivity contribution in [3.63, 3.8) is 0 Å². The van der Waals surface area contributed by atoms with E-state index in [0.717, 1.165) is 10.1 Å². The number of hydrazone groups is 1. The second kappa shape index (κ2) is 7.58. The van der Waals surface area contributed by atoms with E-state index in [1.165, 1.54) is 11.6 Å². The third-order valence-corrected chi connectivity index (χ3v) is 4.14. The first-order chi connectivity index (χ1) is 12.9. The van der Waals surface area contributed by atoms with Gasteiger partial charge >= 0.3 is 5.69 Å². The minimum Gasteiger partial charge on any atom is -0.299 e. The minimum atomic E-state index is -0.451. The van der Waals surface area contributed by atoms with Gasteiger partial charge in [-0.05, 0) is 24.6 Å². The number of hydrogen-bond acceptors (Lipinski definition) is 6. The highest BCUT2D eigenvalue weighted by Gasteiger charge is 2.18. The molecule has 3 aromatic rings. The zero-order chi connectivity index (χ0) is 19.6. The van der Waals surface area contributed by atoms with Crippen molar-refractivity contribution in [3.8, 4) is 0 Å². The maximum atomic E-state index is 12.6. The fraction of sp³-hybridized carbons (Fsp3) is 0.235. The molecule has 0 aliphatic carbocycles. The molecule has 0 saturated heterocycles. The molecular formula is C17H18ClN7O2. The summed E-state index contributed by atoms with van der Waals surface area (Å²) in [6, 6.07) is 3.60. The molecule has 0 spiro atoms. The molecule has 0 unspecified atom stereocenters. The van der Waals surface area contributed by atoms with Crippen LogP contribution >= 0.6 is 11.6 Å². The van der Waals surface area contributed by atoms with E-state index in [1.54, 1.807) is 55.4 Å². The average Bonchev–Trinajstić information content (AvgIpc) is 3.02. The van der Waals surface area contributed by atoms with Crippen LogP contribution in [-0.2, 0) is 20.6 Å². The van der Waals surface area contributed by atoms with Crippen LogP contribution in [0, 0.1) is 0 Å². The van der Waals surface area contributed by atoms with Gasteiger partial charge in [-0.3, -0.25) is 23.5 Å². The summed E-state index contributed by atoms with van der Waals surface area (Å²) < 4.78 is 4.00. The highest BCUT2D eigenvalue weighted by molar-refractivity contribution is 6.29. The number of aromatic nitrogens is 5. The summed E-state index contributed by atoms with van der Waals surface area (Å²) in [5.41, 5.74) is 3.35. The molecule has 9 nitrogen and oxygen atoms in total. The highest BCUT2D eigenvalue weighted by Crippen LogP contribution is 2.16. The maximum absolute atomic E-state index is 12.6. The number of fused-ring (bicyclic) bond motifs is 1. The van der Waals surface area contributed by atoms with Crippen LogP contribution in [0.2, 0.25) is 0 Å². The Morgan fingerprint density at radius 1 is 1.26 bits per heavy atom. The molecule has 0 aromatic carbocycles. The van der Waals surface area contributed by atoms with E-state index < -0.39 is 11.2 Å². The van der Waals surface area contributed by atoms with Gasteiger partial charge in [0.2, 0.25) is 5.95 Å². The normalized spacial score (nSPS) is 12.2. The Kier molecular flexibility index (Phi) is 5.22. The van der Waals surface area contributed by atoms with Gasteiger partial charge in [0, 0.05) is 38.1 Å². The van der Waals surface area contributed by atoms with Crippen molar-refractivity contribution in [2.45, 2.75) is 13.5 Å². The molecule has 27 heavy (non-hydrogen) atoms. The largest absolute Gasteiger partial charge is 0.332 e. The van der Waals surface area contributed by atoms with Crippen molar-refractivity contribution < 1.29 is 0 Å². The second-order valence-corrected chi connectivity index (χ2v) is 6.46. The molecule has 0 bridgehead atoms. The number of anilines is 1. The van der Waals surface area contributed by atoms with Gasteiger partial charge in [-0.1, -0.05) is 17.7 Å². The Bertz CT molecular complexity index is 1150. The van der Waals surface area contributed by atoms with Crippen molar-refractivity contribution in [2.24, 2.45) is 19.2 Å². The van der Waals surface area contributed by atoms with Gasteiger partial charge in [0.1, 0.15) is 0 Å². The number of nitrogens with zero attached hydrogens (tertiary/aromatic N) is 6. The topological polar surface area (TPSA) is 99.1 Å². The van der Waals surface area contributed by atoms with E-state index in [0.29, 0.717) is 17.5 Å². The highest BCUT2D eigenvalue weighted by atomic mass is 35.5. The van der Waals surface area contributed by atoms with Crippen LogP contribution in [0.4, 0.5) is 5.95 Å². The third kappa shape index (κ3) is 3.68. The van der Waals surface area contributed by atoms with Crippen molar-refractivity contribution in [1.82, 2.24) is 23.7 Å². The van der Waals surface area contributed by atoms with Gasteiger partial charge in [-0.15, -0.1) is 0 Å². The molecule has 3 heterocycles. The monoisotopic (exact) mass is 387 g/mol. The zero-order valence-electron chi connectivity index (χ0n) is 15.0. The lowest BCUT2D eigenvalue weighted by Gasteiger charge is -2.06. The van der Waals surface area contributed by atoms with Gasteiger partial charge in [-0.25, -0.2) is 10.2 Å². The molecule has 0 aliphatic heterocycles. The fourth-order valence-corrected chi connectivity index (χ4v) is 2.61. The van der Waals surface area contributed by atoms with Crippen molar-refractivity contribution >= 4 is 34.9 Å². The molecule has 0 radical (unpaired) electrons. The van der Waals surface area contributed by atoms with Gasteiger partial charge in [0.05, 0.1) is 6.21 Å². The van der Waals surface area contributed by atoms with Gasteiger partial charge in [0.25, 0.3) is 5.56 Å². The van der Waals surface area contributed by atoms with Crippen LogP contribution in [0.25, 0.3) is 11.2 Å². The van der Waals surface area contributed by atoms with E-state index in [9.17, 15) is 9.59 Å². The minimum absolute atomic E-state index is 0.269. The first-order valence-corrected chi connectivity index (χ1v) is 8.45. The number of hydrogen-bond donors (Lipinski definition) is 1. The predicted octanol–water partition coefficient (Wildman–Crippen LogP) is 1.42. The molecule has 0 amide bonds. The second-order valence-electron chi connectivity index (χ2n) is 5.87. The summed E-state index contributed by atoms with van der Waals surface area (Å²) in [6.07, 6.45) is 6.66. The number of halogens is 1. The standard InChI is InChI=1S/C17H18ClN7O2/c1-11(18)6-9-25-13-14(23(2)17(27)24(3)15(13)26)21-16(25)22-20-10-12-4-7-19-8-5-12/h4-8,10H,9H2,1-3H3,(H,21,22)/b11-6+,20-10-. The van der Waals surface area contributed by atoms with Gasteiger partial charge in [0.15, 0.2) is 11.2 Å². The quantitative estimate of drug-likeness (QED) is 0.527. The summed E-state index contributed by atoms with van der Waals surface area (Å²) in [7, 11) is 2.99. The van der Waals surface area contributed by atoms with Crippen LogP contribution in [0.15, 0.2) is 50.3 Å². The Balaban J connectivity index is 2.12. The summed E-state index contributed by atoms with van der Waals surface area (Å²) in [4.78, 5) is 33.1. The van der Waals surface area contributed by atoms with E-state index in [4.69, 9.17) is 11.6 Å². The van der Waals surface area contributed by atoms with Crippen LogP contribution in [0.5, 0.6) is 0 Å². The van der Waals surface area contributed by atoms with Crippen molar-refractivity contribution in [3.05, 3.63) is 62.0 Å². The Hall–Kier alpha value is -3.20.